The van der Waals surface area contributed by atoms with E-state index in [1.807, 2.05) is 18.2 Å². The van der Waals surface area contributed by atoms with Gasteiger partial charge in [-0.1, -0.05) is 48.0 Å². The van der Waals surface area contributed by atoms with E-state index in [1.54, 1.807) is 0 Å². The molecule has 0 aliphatic heterocycles. The van der Waals surface area contributed by atoms with Crippen molar-refractivity contribution in [1.82, 2.24) is 5.32 Å². The number of aryl methyl sites for hydroxylation is 1. The zero-order chi connectivity index (χ0) is 13.9. The molecule has 1 aliphatic rings. The van der Waals surface area contributed by atoms with Gasteiger partial charge in [-0.3, -0.25) is 0 Å². The fourth-order valence-corrected chi connectivity index (χ4v) is 3.30. The Labute approximate surface area is 126 Å². The second-order valence-corrected chi connectivity index (χ2v) is 6.02. The molecule has 2 aromatic carbocycles. The molecule has 3 rings (SSSR count). The van der Waals surface area contributed by atoms with E-state index in [2.05, 4.69) is 42.6 Å². The number of hydrogen-bond acceptors (Lipinski definition) is 1. The number of benzene rings is 2. The van der Waals surface area contributed by atoms with Crippen molar-refractivity contribution in [3.05, 3.63) is 70.2 Å². The Morgan fingerprint density at radius 2 is 2.00 bits per heavy atom. The van der Waals surface area contributed by atoms with Crippen LogP contribution in [0.3, 0.4) is 0 Å². The Bertz CT molecular complexity index is 593. The second-order valence-electron chi connectivity index (χ2n) is 5.59. The molecule has 2 aromatic rings. The van der Waals surface area contributed by atoms with Crippen LogP contribution < -0.4 is 5.32 Å². The maximum absolute atomic E-state index is 6.08. The van der Waals surface area contributed by atoms with Gasteiger partial charge in [0.15, 0.2) is 0 Å². The van der Waals surface area contributed by atoms with E-state index in [9.17, 15) is 0 Å². The first-order valence-corrected chi connectivity index (χ1v) is 7.71. The zero-order valence-corrected chi connectivity index (χ0v) is 12.5. The highest BCUT2D eigenvalue weighted by Crippen LogP contribution is 2.31. The van der Waals surface area contributed by atoms with Crippen molar-refractivity contribution in [2.45, 2.75) is 38.3 Å². The molecule has 1 aliphatic carbocycles. The molecule has 0 spiro atoms. The minimum Gasteiger partial charge on any atom is -0.303 e. The monoisotopic (exact) mass is 285 g/mol. The highest BCUT2D eigenvalue weighted by atomic mass is 35.5. The summed E-state index contributed by atoms with van der Waals surface area (Å²) in [5, 5.41) is 4.57. The molecule has 2 atom stereocenters. The third kappa shape index (κ3) is 2.89. The number of hydrogen-bond donors (Lipinski definition) is 1. The van der Waals surface area contributed by atoms with Crippen LogP contribution in [0.1, 0.15) is 48.5 Å². The number of fused-ring (bicyclic) bond motifs is 1. The standard InChI is InChI=1S/C18H20ClN/c1-13(15-8-4-9-16(19)12-15)20-18-11-5-7-14-6-2-3-10-17(14)18/h2-4,6,8-10,12-13,18,20H,5,7,11H2,1H3. The first-order valence-electron chi connectivity index (χ1n) is 7.33. The van der Waals surface area contributed by atoms with E-state index in [0.29, 0.717) is 12.1 Å². The van der Waals surface area contributed by atoms with Gasteiger partial charge in [-0.15, -0.1) is 0 Å². The average Bonchev–Trinajstić information content (AvgIpc) is 2.47. The van der Waals surface area contributed by atoms with Crippen LogP contribution in [0.5, 0.6) is 0 Å². The molecule has 0 radical (unpaired) electrons. The summed E-state index contributed by atoms with van der Waals surface area (Å²) in [7, 11) is 0. The summed E-state index contributed by atoms with van der Waals surface area (Å²) in [6.07, 6.45) is 3.68. The predicted octanol–water partition coefficient (Wildman–Crippen LogP) is 5.07. The SMILES string of the molecule is CC(NC1CCCc2ccccc21)c1cccc(Cl)c1. The lowest BCUT2D eigenvalue weighted by Crippen LogP contribution is -2.27. The second kappa shape index (κ2) is 5.99. The van der Waals surface area contributed by atoms with Gasteiger partial charge < -0.3 is 5.32 Å². The number of halogens is 1. The molecule has 104 valence electrons. The summed E-state index contributed by atoms with van der Waals surface area (Å²) < 4.78 is 0. The highest BCUT2D eigenvalue weighted by Gasteiger charge is 2.21. The van der Waals surface area contributed by atoms with Gasteiger partial charge in [0.2, 0.25) is 0 Å². The van der Waals surface area contributed by atoms with Gasteiger partial charge in [0.25, 0.3) is 0 Å². The van der Waals surface area contributed by atoms with Gasteiger partial charge in [0.1, 0.15) is 0 Å². The molecule has 0 fully saturated rings. The van der Waals surface area contributed by atoms with Crippen molar-refractivity contribution in [1.29, 1.82) is 0 Å². The van der Waals surface area contributed by atoms with Crippen molar-refractivity contribution in [3.63, 3.8) is 0 Å². The van der Waals surface area contributed by atoms with Gasteiger partial charge in [0.05, 0.1) is 0 Å². The predicted molar refractivity (Wildman–Crippen MR) is 85.1 cm³/mol. The van der Waals surface area contributed by atoms with Crippen molar-refractivity contribution in [2.75, 3.05) is 0 Å². The van der Waals surface area contributed by atoms with Crippen molar-refractivity contribution >= 4 is 11.6 Å². The van der Waals surface area contributed by atoms with Gasteiger partial charge in [-0.2, -0.15) is 0 Å². The summed E-state index contributed by atoms with van der Waals surface area (Å²) in [5.74, 6) is 0. The largest absolute Gasteiger partial charge is 0.303 e. The van der Waals surface area contributed by atoms with Crippen LogP contribution in [0.4, 0.5) is 0 Å². The Morgan fingerprint density at radius 1 is 1.15 bits per heavy atom. The normalized spacial score (nSPS) is 19.4. The Hall–Kier alpha value is -1.31. The molecular weight excluding hydrogens is 266 g/mol. The summed E-state index contributed by atoms with van der Waals surface area (Å²) in [5.41, 5.74) is 4.21. The van der Waals surface area contributed by atoms with Crippen molar-refractivity contribution in [2.24, 2.45) is 0 Å². The van der Waals surface area contributed by atoms with Crippen molar-refractivity contribution in [3.8, 4) is 0 Å². The zero-order valence-electron chi connectivity index (χ0n) is 11.8. The minimum atomic E-state index is 0.310. The summed E-state index contributed by atoms with van der Waals surface area (Å²) in [6, 6.07) is 17.7. The third-order valence-electron chi connectivity index (χ3n) is 4.17. The van der Waals surface area contributed by atoms with Gasteiger partial charge in [-0.25, -0.2) is 0 Å². The first kappa shape index (κ1) is 13.7. The molecular formula is C18H20ClN. The molecule has 1 N–H and O–H groups in total. The third-order valence-corrected chi connectivity index (χ3v) is 4.40. The van der Waals surface area contributed by atoms with Crippen LogP contribution in [0.2, 0.25) is 5.02 Å². The molecule has 0 saturated carbocycles. The first-order chi connectivity index (χ1) is 9.74. The Kier molecular flexibility index (Phi) is 4.09. The van der Waals surface area contributed by atoms with E-state index >= 15 is 0 Å². The smallest absolute Gasteiger partial charge is 0.0409 e. The average molecular weight is 286 g/mol. The van der Waals surface area contributed by atoms with Crippen LogP contribution in [0.15, 0.2) is 48.5 Å². The number of rotatable bonds is 3. The molecule has 0 heterocycles. The van der Waals surface area contributed by atoms with Crippen LogP contribution in [0, 0.1) is 0 Å². The van der Waals surface area contributed by atoms with Gasteiger partial charge in [0, 0.05) is 17.1 Å². The lowest BCUT2D eigenvalue weighted by atomic mass is 9.87. The van der Waals surface area contributed by atoms with E-state index in [4.69, 9.17) is 11.6 Å². The molecule has 1 nitrogen and oxygen atoms in total. The fourth-order valence-electron chi connectivity index (χ4n) is 3.10. The van der Waals surface area contributed by atoms with Crippen LogP contribution in [0.25, 0.3) is 0 Å². The Balaban J connectivity index is 1.79. The fraction of sp³-hybridized carbons (Fsp3) is 0.333. The molecule has 2 heteroatoms. The van der Waals surface area contributed by atoms with Crippen LogP contribution in [-0.4, -0.2) is 0 Å². The summed E-state index contributed by atoms with van der Waals surface area (Å²) in [6.45, 7) is 2.21. The quantitative estimate of drug-likeness (QED) is 0.830. The molecule has 20 heavy (non-hydrogen) atoms. The molecule has 0 bridgehead atoms. The topological polar surface area (TPSA) is 12.0 Å². The van der Waals surface area contributed by atoms with Gasteiger partial charge >= 0.3 is 0 Å². The van der Waals surface area contributed by atoms with Gasteiger partial charge in [-0.05, 0) is 55.0 Å². The molecule has 0 saturated heterocycles. The van der Waals surface area contributed by atoms with Crippen molar-refractivity contribution < 1.29 is 0 Å². The lowest BCUT2D eigenvalue weighted by Gasteiger charge is -2.29. The van der Waals surface area contributed by atoms with Crippen LogP contribution >= 0.6 is 11.6 Å². The molecule has 0 amide bonds. The molecule has 0 aromatic heterocycles. The van der Waals surface area contributed by atoms with E-state index < -0.39 is 0 Å². The maximum Gasteiger partial charge on any atom is 0.0409 e. The lowest BCUT2D eigenvalue weighted by molar-refractivity contribution is 0.415. The summed E-state index contributed by atoms with van der Waals surface area (Å²) >= 11 is 6.08. The summed E-state index contributed by atoms with van der Waals surface area (Å²) in [4.78, 5) is 0. The van der Waals surface area contributed by atoms with Crippen LogP contribution in [-0.2, 0) is 6.42 Å². The Morgan fingerprint density at radius 3 is 2.85 bits per heavy atom. The van der Waals surface area contributed by atoms with E-state index in [1.165, 1.54) is 36.0 Å². The molecule has 2 unspecified atom stereocenters. The van der Waals surface area contributed by atoms with E-state index in [0.717, 1.165) is 5.02 Å². The number of nitrogens with one attached hydrogen (secondary N) is 1. The minimum absolute atomic E-state index is 0.310. The highest BCUT2D eigenvalue weighted by molar-refractivity contribution is 6.30. The van der Waals surface area contributed by atoms with E-state index in [-0.39, 0.29) is 0 Å². The maximum atomic E-state index is 6.08.